The van der Waals surface area contributed by atoms with Crippen LogP contribution >= 0.6 is 0 Å². The maximum atomic E-state index is 11.8. The predicted octanol–water partition coefficient (Wildman–Crippen LogP) is 3.89. The van der Waals surface area contributed by atoms with E-state index in [1.165, 1.54) is 33.4 Å². The van der Waals surface area contributed by atoms with Crippen LogP contribution < -0.4 is 0 Å². The van der Waals surface area contributed by atoms with Gasteiger partial charge in [0.1, 0.15) is 11.6 Å². The molecule has 1 aromatic rings. The van der Waals surface area contributed by atoms with Gasteiger partial charge < -0.3 is 0 Å². The summed E-state index contributed by atoms with van der Waals surface area (Å²) in [7, 11) is 0. The van der Waals surface area contributed by atoms with Gasteiger partial charge in [-0.05, 0) is 73.4 Å². The monoisotopic (exact) mass is 272 g/mol. The molecule has 108 valence electrons. The van der Waals surface area contributed by atoms with E-state index in [0.717, 1.165) is 6.42 Å². The molecule has 2 nitrogen and oxygen atoms in total. The number of carbonyl (C=O) groups excluding carboxylic acids is 2. The Morgan fingerprint density at radius 1 is 0.850 bits per heavy atom. The molecule has 0 bridgehead atoms. The molecule has 0 saturated heterocycles. The summed E-state index contributed by atoms with van der Waals surface area (Å²) in [5, 5.41) is 0. The Morgan fingerprint density at radius 2 is 1.35 bits per heavy atom. The van der Waals surface area contributed by atoms with Crippen LogP contribution in [0.2, 0.25) is 0 Å². The fraction of sp³-hybridized carbons (Fsp3) is 0.556. The van der Waals surface area contributed by atoms with Gasteiger partial charge in [0, 0.05) is 12.8 Å². The lowest BCUT2D eigenvalue weighted by Gasteiger charge is -2.28. The van der Waals surface area contributed by atoms with Crippen LogP contribution in [0.3, 0.4) is 0 Å². The van der Waals surface area contributed by atoms with Gasteiger partial charge >= 0.3 is 0 Å². The second-order valence-corrected chi connectivity index (χ2v) is 6.11. The minimum atomic E-state index is 0.0942. The SMILES string of the molecule is CCc1c(C)c(C)c(C)c(C)c1C1CC(=O)CC(=O)C1. The lowest BCUT2D eigenvalue weighted by Crippen LogP contribution is -2.23. The molecule has 0 heterocycles. The molecule has 1 aliphatic rings. The van der Waals surface area contributed by atoms with E-state index in [0.29, 0.717) is 12.8 Å². The van der Waals surface area contributed by atoms with Crippen LogP contribution in [0.5, 0.6) is 0 Å². The van der Waals surface area contributed by atoms with Crippen molar-refractivity contribution in [3.63, 3.8) is 0 Å². The van der Waals surface area contributed by atoms with E-state index in [2.05, 4.69) is 34.6 Å². The summed E-state index contributed by atoms with van der Waals surface area (Å²) in [6.07, 6.45) is 2.16. The number of carbonyl (C=O) groups is 2. The molecule has 0 aromatic heterocycles. The standard InChI is InChI=1S/C18H24O2/c1-6-17-12(4)10(2)11(3)13(5)18(17)14-7-15(19)9-16(20)8-14/h14H,6-9H2,1-5H3. The number of hydrogen-bond acceptors (Lipinski definition) is 2. The van der Waals surface area contributed by atoms with Crippen LogP contribution in [0.25, 0.3) is 0 Å². The van der Waals surface area contributed by atoms with Crippen molar-refractivity contribution >= 4 is 11.6 Å². The van der Waals surface area contributed by atoms with Gasteiger partial charge in [0.15, 0.2) is 0 Å². The van der Waals surface area contributed by atoms with Crippen molar-refractivity contribution in [1.82, 2.24) is 0 Å². The zero-order valence-electron chi connectivity index (χ0n) is 13.2. The molecule has 0 amide bonds. The maximum Gasteiger partial charge on any atom is 0.140 e. The minimum Gasteiger partial charge on any atom is -0.299 e. The first-order valence-corrected chi connectivity index (χ1v) is 7.49. The Morgan fingerprint density at radius 3 is 1.85 bits per heavy atom. The van der Waals surface area contributed by atoms with Gasteiger partial charge in [-0.15, -0.1) is 0 Å². The number of ketones is 2. The van der Waals surface area contributed by atoms with Gasteiger partial charge in [-0.25, -0.2) is 0 Å². The van der Waals surface area contributed by atoms with Crippen molar-refractivity contribution in [2.24, 2.45) is 0 Å². The molecule has 1 aliphatic carbocycles. The van der Waals surface area contributed by atoms with Crippen LogP contribution in [0.1, 0.15) is 65.5 Å². The molecule has 20 heavy (non-hydrogen) atoms. The van der Waals surface area contributed by atoms with E-state index in [1.807, 2.05) is 0 Å². The highest BCUT2D eigenvalue weighted by atomic mass is 16.1. The van der Waals surface area contributed by atoms with Gasteiger partial charge in [-0.2, -0.15) is 0 Å². The summed E-state index contributed by atoms with van der Waals surface area (Å²) in [4.78, 5) is 23.6. The molecule has 1 saturated carbocycles. The third-order valence-electron chi connectivity index (χ3n) is 4.97. The molecule has 1 fully saturated rings. The number of benzene rings is 1. The molecular formula is C18H24O2. The van der Waals surface area contributed by atoms with Crippen LogP contribution in [-0.4, -0.2) is 11.6 Å². The Kier molecular flexibility index (Phi) is 4.12. The Bertz CT molecular complexity index is 566. The van der Waals surface area contributed by atoms with Gasteiger partial charge in [-0.3, -0.25) is 9.59 Å². The average molecular weight is 272 g/mol. The summed E-state index contributed by atoms with van der Waals surface area (Å²) in [6.45, 7) is 10.8. The summed E-state index contributed by atoms with van der Waals surface area (Å²) in [6, 6.07) is 0. The zero-order valence-corrected chi connectivity index (χ0v) is 13.2. The van der Waals surface area contributed by atoms with Crippen molar-refractivity contribution in [2.45, 2.75) is 66.2 Å². The summed E-state index contributed by atoms with van der Waals surface area (Å²) in [5.41, 5.74) is 7.87. The Balaban J connectivity index is 2.61. The van der Waals surface area contributed by atoms with E-state index in [9.17, 15) is 9.59 Å². The second-order valence-electron chi connectivity index (χ2n) is 6.11. The fourth-order valence-corrected chi connectivity index (χ4v) is 3.62. The second kappa shape index (κ2) is 5.51. The van der Waals surface area contributed by atoms with Gasteiger partial charge in [0.05, 0.1) is 6.42 Å². The van der Waals surface area contributed by atoms with Gasteiger partial charge in [0.2, 0.25) is 0 Å². The molecule has 1 aromatic carbocycles. The summed E-state index contributed by atoms with van der Waals surface area (Å²) >= 11 is 0. The first-order chi connectivity index (χ1) is 9.36. The van der Waals surface area contributed by atoms with E-state index in [1.54, 1.807) is 0 Å². The predicted molar refractivity (Wildman–Crippen MR) is 81.4 cm³/mol. The van der Waals surface area contributed by atoms with Crippen LogP contribution in [0.4, 0.5) is 0 Å². The number of rotatable bonds is 2. The topological polar surface area (TPSA) is 34.1 Å². The number of hydrogen-bond donors (Lipinski definition) is 0. The third kappa shape index (κ3) is 2.44. The Hall–Kier alpha value is -1.44. The van der Waals surface area contributed by atoms with Crippen molar-refractivity contribution in [3.05, 3.63) is 33.4 Å². The molecule has 0 aliphatic heterocycles. The quantitative estimate of drug-likeness (QED) is 0.765. The van der Waals surface area contributed by atoms with E-state index in [4.69, 9.17) is 0 Å². The zero-order chi connectivity index (χ0) is 15.0. The lowest BCUT2D eigenvalue weighted by molar-refractivity contribution is -0.130. The normalized spacial score (nSPS) is 16.9. The first-order valence-electron chi connectivity index (χ1n) is 7.49. The molecule has 2 heteroatoms. The largest absolute Gasteiger partial charge is 0.299 e. The van der Waals surface area contributed by atoms with Crippen molar-refractivity contribution in [1.29, 1.82) is 0 Å². The molecule has 0 spiro atoms. The summed E-state index contributed by atoms with van der Waals surface area (Å²) in [5.74, 6) is 0.295. The average Bonchev–Trinajstić information content (AvgIpc) is 2.39. The number of Topliss-reactive ketones (excluding diaryl/α,β-unsaturated/α-hetero) is 2. The lowest BCUT2D eigenvalue weighted by atomic mass is 9.75. The van der Waals surface area contributed by atoms with Crippen molar-refractivity contribution in [2.75, 3.05) is 0 Å². The molecule has 0 radical (unpaired) electrons. The maximum absolute atomic E-state index is 11.8. The smallest absolute Gasteiger partial charge is 0.140 e. The third-order valence-corrected chi connectivity index (χ3v) is 4.97. The van der Waals surface area contributed by atoms with E-state index >= 15 is 0 Å². The van der Waals surface area contributed by atoms with Crippen molar-refractivity contribution < 1.29 is 9.59 Å². The van der Waals surface area contributed by atoms with E-state index < -0.39 is 0 Å². The molecule has 0 N–H and O–H groups in total. The molecule has 2 rings (SSSR count). The van der Waals surface area contributed by atoms with Gasteiger partial charge in [-0.1, -0.05) is 6.92 Å². The van der Waals surface area contributed by atoms with E-state index in [-0.39, 0.29) is 23.9 Å². The first kappa shape index (κ1) is 15.0. The molecule has 0 atom stereocenters. The molecule has 0 unspecified atom stereocenters. The highest BCUT2D eigenvalue weighted by Gasteiger charge is 2.30. The van der Waals surface area contributed by atoms with Gasteiger partial charge in [0.25, 0.3) is 0 Å². The van der Waals surface area contributed by atoms with Crippen molar-refractivity contribution in [3.8, 4) is 0 Å². The molecular weight excluding hydrogens is 248 g/mol. The minimum absolute atomic E-state index is 0.0942. The van der Waals surface area contributed by atoms with Crippen LogP contribution in [0, 0.1) is 27.7 Å². The summed E-state index contributed by atoms with van der Waals surface area (Å²) < 4.78 is 0. The fourth-order valence-electron chi connectivity index (χ4n) is 3.62. The Labute approximate surface area is 121 Å². The van der Waals surface area contributed by atoms with Crippen LogP contribution in [-0.2, 0) is 16.0 Å². The highest BCUT2D eigenvalue weighted by Crippen LogP contribution is 2.38. The van der Waals surface area contributed by atoms with Crippen LogP contribution in [0.15, 0.2) is 0 Å². The highest BCUT2D eigenvalue weighted by molar-refractivity contribution is 6.02.